The van der Waals surface area contributed by atoms with E-state index in [1.807, 2.05) is 12.1 Å². The summed E-state index contributed by atoms with van der Waals surface area (Å²) in [7, 11) is 0. The second-order valence-electron chi connectivity index (χ2n) is 4.76. The third-order valence-electron chi connectivity index (χ3n) is 2.62. The molecule has 10 heteroatoms. The van der Waals surface area contributed by atoms with Crippen LogP contribution in [-0.4, -0.2) is 33.2 Å². The Balaban J connectivity index is -0.000000301. The predicted octanol–water partition coefficient (Wildman–Crippen LogP) is -4.03. The van der Waals surface area contributed by atoms with Gasteiger partial charge in [-0.3, -0.25) is 9.59 Å². The van der Waals surface area contributed by atoms with Crippen LogP contribution in [-0.2, 0) is 9.59 Å². The first-order chi connectivity index (χ1) is 9.16. The van der Waals surface area contributed by atoms with E-state index in [-0.39, 0.29) is 87.7 Å². The molecule has 0 heterocycles. The van der Waals surface area contributed by atoms with Crippen LogP contribution in [0.4, 0.5) is 0 Å². The number of rotatable bonds is 8. The van der Waals surface area contributed by atoms with E-state index in [0.29, 0.717) is 0 Å². The molecule has 112 valence electrons. The van der Waals surface area contributed by atoms with E-state index in [0.717, 1.165) is 0 Å². The van der Waals surface area contributed by atoms with Crippen LogP contribution in [0.2, 0.25) is 0 Å². The third-order valence-corrected chi connectivity index (χ3v) is 2.62. The molecule has 0 aliphatic heterocycles. The van der Waals surface area contributed by atoms with Crippen molar-refractivity contribution in [3.8, 4) is 12.1 Å². The Morgan fingerprint density at radius 1 is 0.955 bits per heavy atom. The summed E-state index contributed by atoms with van der Waals surface area (Å²) in [4.78, 5) is 21.0. The minimum Gasteiger partial charge on any atom is -1.00 e. The van der Waals surface area contributed by atoms with Gasteiger partial charge in [0.1, 0.15) is 0 Å². The Labute approximate surface area is 176 Å². The maximum absolute atomic E-state index is 10.5. The molecule has 2 unspecified atom stereocenters. The van der Waals surface area contributed by atoms with E-state index >= 15 is 0 Å². The zero-order chi connectivity index (χ0) is 15.8. The van der Waals surface area contributed by atoms with E-state index < -0.39 is 23.0 Å². The maximum atomic E-state index is 10.5. The monoisotopic (exact) mass is 328 g/mol. The molecule has 0 rings (SSSR count). The van der Waals surface area contributed by atoms with Crippen LogP contribution in [0.15, 0.2) is 10.2 Å². The minimum atomic E-state index is -1.35. The van der Waals surface area contributed by atoms with Crippen LogP contribution in [0.3, 0.4) is 0 Å². The molecule has 0 aliphatic rings. The summed E-state index contributed by atoms with van der Waals surface area (Å²) in [6, 6.07) is 3.69. The zero-order valence-electron chi connectivity index (χ0n) is 15.3. The van der Waals surface area contributed by atoms with E-state index in [1.54, 1.807) is 0 Å². The number of nitrogens with zero attached hydrogens (tertiary/aromatic N) is 4. The van der Waals surface area contributed by atoms with Crippen molar-refractivity contribution in [3.05, 3.63) is 0 Å². The molecule has 8 nitrogen and oxygen atoms in total. The molecule has 0 aromatic heterocycles. The van der Waals surface area contributed by atoms with Crippen LogP contribution < -0.4 is 59.1 Å². The quantitative estimate of drug-likeness (QED) is 0.342. The summed E-state index contributed by atoms with van der Waals surface area (Å²) >= 11 is 0. The first kappa shape index (κ1) is 26.4. The summed E-state index contributed by atoms with van der Waals surface area (Å²) < 4.78 is 0. The fraction of sp³-hybridized carbons (Fsp3) is 0.667. The van der Waals surface area contributed by atoms with Crippen LogP contribution >= 0.6 is 0 Å². The Hall–Kier alpha value is -0.480. The standard InChI is InChI=1S/C12H16N4O4.2Na.2H/c1-11(7-13,5-3-9(17)18)15-16-12(2,8-14)6-4-10(19)20;;;;/h3-6H2,1-2H3,(H,17,18)(H,19,20);;;;/q;2*+1;2*-1. The van der Waals surface area contributed by atoms with Crippen molar-refractivity contribution in [3.63, 3.8) is 0 Å². The summed E-state index contributed by atoms with van der Waals surface area (Å²) in [6.07, 6.45) is -0.575. The van der Waals surface area contributed by atoms with Crippen LogP contribution in [0, 0.1) is 22.7 Å². The molecule has 0 aromatic rings. The van der Waals surface area contributed by atoms with E-state index in [9.17, 15) is 9.59 Å². The molecule has 2 N–H and O–H groups in total. The van der Waals surface area contributed by atoms with Crippen LogP contribution in [0.1, 0.15) is 42.4 Å². The normalized spacial score (nSPS) is 15.1. The SMILES string of the molecule is CC(C#N)(CCC(=O)O)N=NC(C)(C#N)CCC(=O)O.[H-].[H-].[Na+].[Na+]. The number of carbonyl (C=O) groups is 2. The van der Waals surface area contributed by atoms with E-state index in [4.69, 9.17) is 20.7 Å². The van der Waals surface area contributed by atoms with Crippen molar-refractivity contribution in [1.29, 1.82) is 10.5 Å². The number of carboxylic acid groups (broad SMARTS) is 2. The molecular formula is C12H18N4Na2O4. The van der Waals surface area contributed by atoms with Gasteiger partial charge in [-0.25, -0.2) is 0 Å². The first-order valence-electron chi connectivity index (χ1n) is 5.86. The molecule has 0 aliphatic carbocycles. The fourth-order valence-electron chi connectivity index (χ4n) is 1.18. The zero-order valence-corrected chi connectivity index (χ0v) is 17.3. The molecule has 22 heavy (non-hydrogen) atoms. The van der Waals surface area contributed by atoms with Gasteiger partial charge in [0.15, 0.2) is 11.1 Å². The number of hydrogen-bond acceptors (Lipinski definition) is 6. The molecule has 0 spiro atoms. The summed E-state index contributed by atoms with van der Waals surface area (Å²) in [6.45, 7) is 2.82. The smallest absolute Gasteiger partial charge is 1.00 e. The molecule has 0 fully saturated rings. The second kappa shape index (κ2) is 12.0. The molecule has 0 bridgehead atoms. The van der Waals surface area contributed by atoms with Gasteiger partial charge in [-0.1, -0.05) is 0 Å². The Bertz CT molecular complexity index is 466. The van der Waals surface area contributed by atoms with Gasteiger partial charge < -0.3 is 13.1 Å². The maximum Gasteiger partial charge on any atom is 1.00 e. The largest absolute Gasteiger partial charge is 1.00 e. The van der Waals surface area contributed by atoms with Gasteiger partial charge in [0, 0.05) is 12.8 Å². The number of carboxylic acids is 2. The molecule has 2 atom stereocenters. The van der Waals surface area contributed by atoms with E-state index in [2.05, 4.69) is 10.2 Å². The molecule has 0 amide bonds. The molecule has 0 saturated carbocycles. The third kappa shape index (κ3) is 11.1. The molecule has 0 aromatic carbocycles. The van der Waals surface area contributed by atoms with Gasteiger partial charge in [-0.15, -0.1) is 0 Å². The first-order valence-corrected chi connectivity index (χ1v) is 5.86. The number of azo groups is 1. The van der Waals surface area contributed by atoms with Gasteiger partial charge >= 0.3 is 71.1 Å². The van der Waals surface area contributed by atoms with Crippen LogP contribution in [0.25, 0.3) is 0 Å². The number of aliphatic carboxylic acids is 2. The average molecular weight is 328 g/mol. The van der Waals surface area contributed by atoms with Gasteiger partial charge in [0.2, 0.25) is 0 Å². The topological polar surface area (TPSA) is 147 Å². The van der Waals surface area contributed by atoms with Gasteiger partial charge in [-0.05, 0) is 26.7 Å². The Morgan fingerprint density at radius 3 is 1.41 bits per heavy atom. The summed E-state index contributed by atoms with van der Waals surface area (Å²) in [5.74, 6) is -2.12. The average Bonchev–Trinajstić information content (AvgIpc) is 2.41. The molecular weight excluding hydrogens is 310 g/mol. The van der Waals surface area contributed by atoms with Crippen molar-refractivity contribution < 1.29 is 81.8 Å². The minimum absolute atomic E-state index is 0. The van der Waals surface area contributed by atoms with Crippen molar-refractivity contribution in [2.24, 2.45) is 10.2 Å². The van der Waals surface area contributed by atoms with Gasteiger partial charge in [-0.2, -0.15) is 20.8 Å². The summed E-state index contributed by atoms with van der Waals surface area (Å²) in [5.41, 5.74) is -2.69. The second-order valence-corrected chi connectivity index (χ2v) is 4.76. The Morgan fingerprint density at radius 2 is 1.23 bits per heavy atom. The molecule has 0 radical (unpaired) electrons. The van der Waals surface area contributed by atoms with Gasteiger partial charge in [0.05, 0.1) is 12.1 Å². The van der Waals surface area contributed by atoms with E-state index in [1.165, 1.54) is 13.8 Å². The van der Waals surface area contributed by atoms with Crippen molar-refractivity contribution >= 4 is 11.9 Å². The number of nitriles is 2. The summed E-state index contributed by atoms with van der Waals surface area (Å²) in [5, 5.41) is 42.7. The number of hydrogen-bond donors (Lipinski definition) is 2. The molecule has 0 saturated heterocycles. The van der Waals surface area contributed by atoms with Crippen LogP contribution in [0.5, 0.6) is 0 Å². The van der Waals surface area contributed by atoms with Crippen molar-refractivity contribution in [1.82, 2.24) is 0 Å². The Kier molecular flexibility index (Phi) is 14.4. The fourth-order valence-corrected chi connectivity index (χ4v) is 1.18. The van der Waals surface area contributed by atoms with Gasteiger partial charge in [0.25, 0.3) is 0 Å². The van der Waals surface area contributed by atoms with Crippen molar-refractivity contribution in [2.45, 2.75) is 50.6 Å². The van der Waals surface area contributed by atoms with Crippen molar-refractivity contribution in [2.75, 3.05) is 0 Å². The predicted molar refractivity (Wildman–Crippen MR) is 68.9 cm³/mol.